The lowest BCUT2D eigenvalue weighted by molar-refractivity contribution is 0.112. The van der Waals surface area contributed by atoms with Gasteiger partial charge in [0.2, 0.25) is 0 Å². The third-order valence-corrected chi connectivity index (χ3v) is 2.43. The molecule has 0 spiro atoms. The maximum absolute atomic E-state index is 9.38. The lowest BCUT2D eigenvalue weighted by Crippen LogP contribution is -2.35. The van der Waals surface area contributed by atoms with Gasteiger partial charge in [-0.15, -0.1) is 0 Å². The van der Waals surface area contributed by atoms with Crippen LogP contribution in [0.3, 0.4) is 0 Å². The quantitative estimate of drug-likeness (QED) is 0.676. The largest absolute Gasteiger partial charge is 0.392 e. The summed E-state index contributed by atoms with van der Waals surface area (Å²) in [5.74, 6) is 0. The van der Waals surface area contributed by atoms with Crippen molar-refractivity contribution in [1.29, 1.82) is 5.26 Å². The van der Waals surface area contributed by atoms with Gasteiger partial charge in [0.05, 0.1) is 18.2 Å². The van der Waals surface area contributed by atoms with E-state index in [2.05, 4.69) is 11.0 Å². The molecule has 1 aliphatic heterocycles. The van der Waals surface area contributed by atoms with Gasteiger partial charge in [0.1, 0.15) is 0 Å². The summed E-state index contributed by atoms with van der Waals surface area (Å²) in [7, 11) is 0. The predicted molar refractivity (Wildman–Crippen MR) is 46.5 cm³/mol. The number of hydrogen-bond donors (Lipinski definition) is 1. The van der Waals surface area contributed by atoms with E-state index < -0.39 is 0 Å². The van der Waals surface area contributed by atoms with Crippen LogP contribution in [0.1, 0.15) is 26.2 Å². The zero-order valence-corrected chi connectivity index (χ0v) is 7.53. The molecule has 0 aromatic heterocycles. The molecule has 0 aromatic carbocycles. The summed E-state index contributed by atoms with van der Waals surface area (Å²) in [6, 6.07) is 2.31. The lowest BCUT2D eigenvalue weighted by atomic mass is 10.2. The Kier molecular flexibility index (Phi) is 3.51. The topological polar surface area (TPSA) is 47.3 Å². The minimum absolute atomic E-state index is 0.0474. The monoisotopic (exact) mass is 168 g/mol. The van der Waals surface area contributed by atoms with Crippen LogP contribution in [0, 0.1) is 11.3 Å². The minimum atomic E-state index is -0.265. The van der Waals surface area contributed by atoms with Crippen LogP contribution in [-0.4, -0.2) is 35.2 Å². The first-order valence-electron chi connectivity index (χ1n) is 4.59. The highest BCUT2D eigenvalue weighted by Crippen LogP contribution is 2.16. The summed E-state index contributed by atoms with van der Waals surface area (Å²) in [4.78, 5) is 2.08. The highest BCUT2D eigenvalue weighted by molar-refractivity contribution is 4.96. The molecule has 3 heteroatoms. The minimum Gasteiger partial charge on any atom is -0.392 e. The predicted octanol–water partition coefficient (Wildman–Crippen LogP) is 0.745. The summed E-state index contributed by atoms with van der Waals surface area (Å²) in [5, 5.41) is 18.1. The summed E-state index contributed by atoms with van der Waals surface area (Å²) >= 11 is 0. The van der Waals surface area contributed by atoms with Gasteiger partial charge in [-0.2, -0.15) is 5.26 Å². The maximum Gasteiger partial charge on any atom is 0.0979 e. The smallest absolute Gasteiger partial charge is 0.0979 e. The zero-order valence-electron chi connectivity index (χ0n) is 7.53. The van der Waals surface area contributed by atoms with Gasteiger partial charge < -0.3 is 5.11 Å². The number of aliphatic hydroxyl groups is 1. The van der Waals surface area contributed by atoms with Gasteiger partial charge in [0.15, 0.2) is 0 Å². The van der Waals surface area contributed by atoms with Crippen LogP contribution in [0.2, 0.25) is 0 Å². The van der Waals surface area contributed by atoms with Gasteiger partial charge in [-0.05, 0) is 25.8 Å². The number of β-amino-alcohol motifs (C(OH)–C–C–N with tert-alkyl or cyclic N) is 1. The van der Waals surface area contributed by atoms with Crippen molar-refractivity contribution in [3.63, 3.8) is 0 Å². The Morgan fingerprint density at radius 2 is 2.50 bits per heavy atom. The first kappa shape index (κ1) is 9.50. The normalized spacial score (nSPS) is 26.9. The van der Waals surface area contributed by atoms with E-state index in [9.17, 15) is 5.11 Å². The van der Waals surface area contributed by atoms with Crippen molar-refractivity contribution in [2.24, 2.45) is 0 Å². The van der Waals surface area contributed by atoms with Gasteiger partial charge in [-0.25, -0.2) is 0 Å². The standard InChI is InChI=1S/C9H16N2O/c1-2-9(12)7-11-5-3-4-8(11)6-10/h8-9,12H,2-5,7H2,1H3. The number of aliphatic hydroxyl groups excluding tert-OH is 1. The number of nitrogens with zero attached hydrogens (tertiary/aromatic N) is 2. The molecular formula is C9H16N2O. The van der Waals surface area contributed by atoms with Crippen molar-refractivity contribution < 1.29 is 5.11 Å². The molecule has 0 aliphatic carbocycles. The molecule has 0 bridgehead atoms. The third kappa shape index (κ3) is 2.20. The average molecular weight is 168 g/mol. The molecule has 1 fully saturated rings. The van der Waals surface area contributed by atoms with E-state index in [0.717, 1.165) is 25.8 Å². The number of likely N-dealkylation sites (tertiary alicyclic amines) is 1. The highest BCUT2D eigenvalue weighted by atomic mass is 16.3. The van der Waals surface area contributed by atoms with E-state index >= 15 is 0 Å². The molecule has 0 aromatic rings. The number of rotatable bonds is 3. The van der Waals surface area contributed by atoms with E-state index in [4.69, 9.17) is 5.26 Å². The van der Waals surface area contributed by atoms with Crippen LogP contribution >= 0.6 is 0 Å². The second-order valence-corrected chi connectivity index (χ2v) is 3.34. The molecule has 0 saturated carbocycles. The molecule has 68 valence electrons. The van der Waals surface area contributed by atoms with Gasteiger partial charge in [0.25, 0.3) is 0 Å². The van der Waals surface area contributed by atoms with Gasteiger partial charge >= 0.3 is 0 Å². The van der Waals surface area contributed by atoms with Crippen LogP contribution < -0.4 is 0 Å². The molecule has 0 amide bonds. The molecule has 1 N–H and O–H groups in total. The lowest BCUT2D eigenvalue weighted by Gasteiger charge is -2.21. The average Bonchev–Trinajstić information content (AvgIpc) is 2.51. The second kappa shape index (κ2) is 4.44. The summed E-state index contributed by atoms with van der Waals surface area (Å²) < 4.78 is 0. The fraction of sp³-hybridized carbons (Fsp3) is 0.889. The Hall–Kier alpha value is -0.590. The van der Waals surface area contributed by atoms with E-state index in [1.54, 1.807) is 0 Å². The maximum atomic E-state index is 9.38. The fourth-order valence-corrected chi connectivity index (χ4v) is 1.59. The second-order valence-electron chi connectivity index (χ2n) is 3.34. The highest BCUT2D eigenvalue weighted by Gasteiger charge is 2.25. The summed E-state index contributed by atoms with van der Waals surface area (Å²) in [6.07, 6.45) is 2.56. The summed E-state index contributed by atoms with van der Waals surface area (Å²) in [6.45, 7) is 3.59. The van der Waals surface area contributed by atoms with Crippen LogP contribution in [0.4, 0.5) is 0 Å². The molecular weight excluding hydrogens is 152 g/mol. The van der Waals surface area contributed by atoms with E-state index in [1.807, 2.05) is 6.92 Å². The van der Waals surface area contributed by atoms with Crippen molar-refractivity contribution in [3.8, 4) is 6.07 Å². The Balaban J connectivity index is 2.36. The van der Waals surface area contributed by atoms with Crippen LogP contribution in [0.25, 0.3) is 0 Å². The molecule has 2 atom stereocenters. The van der Waals surface area contributed by atoms with Crippen LogP contribution in [-0.2, 0) is 0 Å². The first-order valence-corrected chi connectivity index (χ1v) is 4.59. The summed E-state index contributed by atoms with van der Waals surface area (Å²) in [5.41, 5.74) is 0. The van der Waals surface area contributed by atoms with Gasteiger partial charge in [-0.1, -0.05) is 6.92 Å². The molecule has 1 aliphatic rings. The number of hydrogen-bond acceptors (Lipinski definition) is 3. The zero-order chi connectivity index (χ0) is 8.97. The Bertz CT molecular complexity index is 176. The van der Waals surface area contributed by atoms with Crippen molar-refractivity contribution >= 4 is 0 Å². The molecule has 2 unspecified atom stereocenters. The van der Waals surface area contributed by atoms with Gasteiger partial charge in [-0.3, -0.25) is 4.90 Å². The van der Waals surface area contributed by atoms with E-state index in [-0.39, 0.29) is 12.1 Å². The molecule has 0 radical (unpaired) electrons. The molecule has 3 nitrogen and oxygen atoms in total. The molecule has 12 heavy (non-hydrogen) atoms. The molecule has 1 saturated heterocycles. The Morgan fingerprint density at radius 3 is 3.08 bits per heavy atom. The van der Waals surface area contributed by atoms with Crippen molar-refractivity contribution in [3.05, 3.63) is 0 Å². The SMILES string of the molecule is CCC(O)CN1CCCC1C#N. The third-order valence-electron chi connectivity index (χ3n) is 2.43. The van der Waals surface area contributed by atoms with Crippen LogP contribution in [0.5, 0.6) is 0 Å². The van der Waals surface area contributed by atoms with Crippen LogP contribution in [0.15, 0.2) is 0 Å². The van der Waals surface area contributed by atoms with E-state index in [0.29, 0.717) is 6.54 Å². The molecule has 1 heterocycles. The number of nitriles is 1. The van der Waals surface area contributed by atoms with Gasteiger partial charge in [0, 0.05) is 6.54 Å². The van der Waals surface area contributed by atoms with E-state index in [1.165, 1.54) is 0 Å². The van der Waals surface area contributed by atoms with Crippen molar-refractivity contribution in [2.45, 2.75) is 38.3 Å². The Morgan fingerprint density at radius 1 is 1.75 bits per heavy atom. The van der Waals surface area contributed by atoms with Crippen molar-refractivity contribution in [1.82, 2.24) is 4.90 Å². The Labute approximate surface area is 73.6 Å². The molecule has 1 rings (SSSR count). The first-order chi connectivity index (χ1) is 5.77. The van der Waals surface area contributed by atoms with Crippen molar-refractivity contribution in [2.75, 3.05) is 13.1 Å². The fourth-order valence-electron chi connectivity index (χ4n) is 1.59.